The van der Waals surface area contributed by atoms with Gasteiger partial charge in [-0.05, 0) is 24.3 Å². The monoisotopic (exact) mass is 755 g/mol. The Hall–Kier alpha value is -4.68. The number of amides is 3. The third kappa shape index (κ3) is 8.85. The Balaban J connectivity index is 1.34. The van der Waals surface area contributed by atoms with Crippen LogP contribution in [0, 0.1) is 5.21 Å². The summed E-state index contributed by atoms with van der Waals surface area (Å²) in [5, 5.41) is 23.0. The van der Waals surface area contributed by atoms with Crippen LogP contribution in [0.2, 0.25) is 5.02 Å². The highest BCUT2D eigenvalue weighted by Crippen LogP contribution is 2.29. The number of hydrogen-bond donors (Lipinski definition) is 1. The maximum atomic E-state index is 14.5. The van der Waals surface area contributed by atoms with Crippen molar-refractivity contribution in [1.82, 2.24) is 29.0 Å². The molecule has 2 unspecified atom stereocenters. The first kappa shape index (κ1) is 37.1. The van der Waals surface area contributed by atoms with E-state index in [4.69, 9.17) is 21.1 Å². The molecule has 3 fully saturated rings. The number of piperazine rings is 1. The van der Waals surface area contributed by atoms with Crippen molar-refractivity contribution >= 4 is 45.4 Å². The number of benzene rings is 1. The number of carbonyl (C=O) groups is 3. The van der Waals surface area contributed by atoms with E-state index in [9.17, 15) is 33.1 Å². The lowest BCUT2D eigenvalue weighted by Gasteiger charge is -2.46. The molecular formula is C34H38ClN7O9S. The molecule has 1 aromatic carbocycles. The van der Waals surface area contributed by atoms with Crippen molar-refractivity contribution in [1.29, 1.82) is 0 Å². The molecular weight excluding hydrogens is 718 g/mol. The number of sulfonamides is 1. The van der Waals surface area contributed by atoms with Crippen LogP contribution in [0.1, 0.15) is 28.8 Å². The minimum atomic E-state index is -4.22. The van der Waals surface area contributed by atoms with Crippen LogP contribution in [0.15, 0.2) is 60.5 Å². The summed E-state index contributed by atoms with van der Waals surface area (Å²) in [5.74, 6) is -1.11. The van der Waals surface area contributed by atoms with Crippen LogP contribution in [0.5, 0.6) is 5.75 Å². The Morgan fingerprint density at radius 2 is 1.44 bits per heavy atom. The van der Waals surface area contributed by atoms with Gasteiger partial charge in [0.2, 0.25) is 21.8 Å². The zero-order valence-electron chi connectivity index (χ0n) is 28.1. The molecule has 276 valence electrons. The summed E-state index contributed by atoms with van der Waals surface area (Å²) in [6.45, 7) is 2.25. The molecule has 2 atom stereocenters. The summed E-state index contributed by atoms with van der Waals surface area (Å²) in [5.41, 5.74) is 0.833. The molecule has 3 aromatic rings. The lowest BCUT2D eigenvalue weighted by molar-refractivity contribution is -0.605. The molecule has 2 aromatic heterocycles. The second kappa shape index (κ2) is 16.3. The van der Waals surface area contributed by atoms with Crippen LogP contribution >= 0.6 is 11.6 Å². The Morgan fingerprint density at radius 1 is 0.904 bits per heavy atom. The largest absolute Gasteiger partial charge is 0.619 e. The van der Waals surface area contributed by atoms with E-state index >= 15 is 0 Å². The summed E-state index contributed by atoms with van der Waals surface area (Å²) in [6.07, 6.45) is 6.04. The highest BCUT2D eigenvalue weighted by Gasteiger charge is 2.44. The number of aromatic nitrogens is 3. The van der Waals surface area contributed by atoms with Crippen molar-refractivity contribution in [2.75, 3.05) is 65.7 Å². The molecule has 0 bridgehead atoms. The fourth-order valence-electron chi connectivity index (χ4n) is 6.37. The normalized spacial score (nSPS) is 20.3. The molecule has 1 N–H and O–H groups in total. The van der Waals surface area contributed by atoms with Gasteiger partial charge in [0, 0.05) is 98.2 Å². The Bertz CT molecular complexity index is 1860. The molecule has 18 heteroatoms. The first-order valence-electron chi connectivity index (χ1n) is 16.7. The lowest BCUT2D eigenvalue weighted by Crippen LogP contribution is -2.63. The molecule has 6 rings (SSSR count). The van der Waals surface area contributed by atoms with E-state index in [0.717, 1.165) is 9.71 Å². The number of pyridine rings is 1. The summed E-state index contributed by atoms with van der Waals surface area (Å²) in [7, 11) is -4.22. The van der Waals surface area contributed by atoms with Crippen molar-refractivity contribution in [3.63, 3.8) is 0 Å². The third-order valence-corrected chi connectivity index (χ3v) is 10.9. The zero-order chi connectivity index (χ0) is 36.8. The zero-order valence-corrected chi connectivity index (χ0v) is 29.7. The standard InChI is InChI=1S/C34H38ClN7O9S/c35-27-2-1-24(30(43)17-27)5-16-52(48,49)41-22-28(18-31(44)38-8-12-50-13-9-38)42(29(23-41)19-32(45)39-10-14-51-15-11-39)34(46)26-20-36-33(37-21-26)25-3-6-40(47)7-4-25/h1-7,16-17,20-21,28-29,43H,8-15,18-19,22-23H2/b16-5+. The maximum Gasteiger partial charge on any atom is 0.257 e. The number of rotatable bonds is 9. The van der Waals surface area contributed by atoms with Gasteiger partial charge in [0.25, 0.3) is 5.91 Å². The predicted octanol–water partition coefficient (Wildman–Crippen LogP) is 1.13. The van der Waals surface area contributed by atoms with E-state index < -0.39 is 28.0 Å². The molecule has 0 saturated carbocycles. The van der Waals surface area contributed by atoms with Gasteiger partial charge in [0.05, 0.1) is 44.1 Å². The van der Waals surface area contributed by atoms with E-state index in [-0.39, 0.29) is 65.5 Å². The fourth-order valence-corrected chi connectivity index (χ4v) is 7.79. The predicted molar refractivity (Wildman–Crippen MR) is 187 cm³/mol. The van der Waals surface area contributed by atoms with Crippen LogP contribution in [-0.2, 0) is 29.1 Å². The van der Waals surface area contributed by atoms with Gasteiger partial charge in [-0.2, -0.15) is 9.04 Å². The molecule has 0 spiro atoms. The minimum absolute atomic E-state index is 0.0700. The maximum absolute atomic E-state index is 14.5. The molecule has 16 nitrogen and oxygen atoms in total. The van der Waals surface area contributed by atoms with Crippen molar-refractivity contribution in [3.8, 4) is 17.1 Å². The van der Waals surface area contributed by atoms with Gasteiger partial charge in [0.15, 0.2) is 18.2 Å². The van der Waals surface area contributed by atoms with Crippen molar-refractivity contribution in [2.24, 2.45) is 0 Å². The number of carbonyl (C=O) groups excluding carboxylic acids is 3. The van der Waals surface area contributed by atoms with Crippen molar-refractivity contribution in [2.45, 2.75) is 24.9 Å². The lowest BCUT2D eigenvalue weighted by atomic mass is 9.99. The van der Waals surface area contributed by atoms with Gasteiger partial charge in [-0.1, -0.05) is 11.6 Å². The van der Waals surface area contributed by atoms with Gasteiger partial charge in [-0.15, -0.1) is 0 Å². The fraction of sp³-hybridized carbons (Fsp3) is 0.412. The Labute approximate surface area is 305 Å². The van der Waals surface area contributed by atoms with Crippen LogP contribution in [0.4, 0.5) is 0 Å². The topological polar surface area (TPSA) is 190 Å². The van der Waals surface area contributed by atoms with Crippen LogP contribution in [-0.4, -0.2) is 138 Å². The second-order valence-electron chi connectivity index (χ2n) is 12.5. The van der Waals surface area contributed by atoms with Crippen molar-refractivity contribution in [3.05, 3.63) is 81.9 Å². The number of aromatic hydroxyl groups is 1. The summed E-state index contributed by atoms with van der Waals surface area (Å²) in [4.78, 5) is 55.1. The van der Waals surface area contributed by atoms with E-state index in [0.29, 0.717) is 62.9 Å². The Morgan fingerprint density at radius 3 is 1.96 bits per heavy atom. The molecule has 52 heavy (non-hydrogen) atoms. The second-order valence-corrected chi connectivity index (χ2v) is 14.8. The minimum Gasteiger partial charge on any atom is -0.619 e. The average Bonchev–Trinajstić information content (AvgIpc) is 3.15. The number of phenols is 1. The number of morpholine rings is 2. The first-order chi connectivity index (χ1) is 25.0. The molecule has 0 radical (unpaired) electrons. The number of halogens is 1. The van der Waals surface area contributed by atoms with Crippen molar-refractivity contribution < 1.29 is 42.1 Å². The van der Waals surface area contributed by atoms with Crippen LogP contribution in [0.3, 0.4) is 0 Å². The summed E-state index contributed by atoms with van der Waals surface area (Å²) < 4.78 is 40.4. The molecule has 5 heterocycles. The molecule has 3 saturated heterocycles. The number of hydrogen-bond acceptors (Lipinski definition) is 11. The van der Waals surface area contributed by atoms with Gasteiger partial charge >= 0.3 is 0 Å². The summed E-state index contributed by atoms with van der Waals surface area (Å²) in [6, 6.07) is 5.38. The summed E-state index contributed by atoms with van der Waals surface area (Å²) >= 11 is 5.94. The van der Waals surface area contributed by atoms with E-state index in [1.165, 1.54) is 66.1 Å². The third-order valence-electron chi connectivity index (χ3n) is 9.13. The molecule has 3 amide bonds. The quantitative estimate of drug-likeness (QED) is 0.244. The Kier molecular flexibility index (Phi) is 11.6. The highest BCUT2D eigenvalue weighted by atomic mass is 35.5. The average molecular weight is 756 g/mol. The van der Waals surface area contributed by atoms with E-state index in [2.05, 4.69) is 9.97 Å². The van der Waals surface area contributed by atoms with Crippen LogP contribution in [0.25, 0.3) is 17.5 Å². The van der Waals surface area contributed by atoms with Gasteiger partial charge < -0.3 is 34.5 Å². The molecule has 0 aliphatic carbocycles. The number of ether oxygens (including phenoxy) is 2. The number of phenolic OH excluding ortho intramolecular Hbond substituents is 1. The first-order valence-corrected chi connectivity index (χ1v) is 18.6. The highest BCUT2D eigenvalue weighted by molar-refractivity contribution is 7.92. The van der Waals surface area contributed by atoms with Gasteiger partial charge in [0.1, 0.15) is 5.75 Å². The van der Waals surface area contributed by atoms with Gasteiger partial charge in [-0.25, -0.2) is 18.4 Å². The molecule has 3 aliphatic rings. The van der Waals surface area contributed by atoms with Gasteiger partial charge in [-0.3, -0.25) is 14.4 Å². The number of nitrogens with zero attached hydrogens (tertiary/aromatic N) is 7. The van der Waals surface area contributed by atoms with E-state index in [1.807, 2.05) is 0 Å². The molecule has 3 aliphatic heterocycles. The van der Waals surface area contributed by atoms with E-state index in [1.54, 1.807) is 9.80 Å². The smallest absolute Gasteiger partial charge is 0.257 e. The SMILES string of the molecule is O=C(CC1CN(S(=O)(=O)/C=C/c2ccc(Cl)cc2O)CC(CC(=O)N2CCOCC2)N1C(=O)c1cnc(-c2cc[n+]([O-])cc2)nc1)N1CCOCC1. The van der Waals surface area contributed by atoms with Crippen LogP contribution < -0.4 is 4.73 Å².